The molecule has 0 saturated carbocycles. The van der Waals surface area contributed by atoms with Gasteiger partial charge in [-0.2, -0.15) is 0 Å². The number of non-ortho nitro benzene ring substituents is 1. The van der Waals surface area contributed by atoms with Crippen LogP contribution in [0, 0.1) is 22.0 Å². The number of carbonyl (C=O) groups excluding carboxylic acids is 1. The van der Waals surface area contributed by atoms with E-state index in [1.54, 1.807) is 12.1 Å². The topological polar surface area (TPSA) is 84.3 Å². The van der Waals surface area contributed by atoms with Gasteiger partial charge in [-0.25, -0.2) is 0 Å². The Labute approximate surface area is 111 Å². The van der Waals surface area contributed by atoms with Crippen LogP contribution in [0.25, 0.3) is 0 Å². The number of nitro benzene ring substituents is 1. The van der Waals surface area contributed by atoms with Crippen molar-refractivity contribution in [1.29, 1.82) is 0 Å². The monoisotopic (exact) mass is 263 g/mol. The van der Waals surface area contributed by atoms with Crippen molar-refractivity contribution in [3.63, 3.8) is 0 Å². The molecule has 19 heavy (non-hydrogen) atoms. The summed E-state index contributed by atoms with van der Waals surface area (Å²) in [6.07, 6.45) is 0. The lowest BCUT2D eigenvalue weighted by Crippen LogP contribution is -2.49. The Morgan fingerprint density at radius 2 is 2.32 bits per heavy atom. The second-order valence-electron chi connectivity index (χ2n) is 4.85. The van der Waals surface area contributed by atoms with Gasteiger partial charge >= 0.3 is 0 Å². The van der Waals surface area contributed by atoms with Crippen molar-refractivity contribution in [2.24, 2.45) is 11.8 Å². The molecule has 1 fully saturated rings. The Balaban J connectivity index is 1.89. The lowest BCUT2D eigenvalue weighted by atomic mass is 9.88. The fourth-order valence-electron chi connectivity index (χ4n) is 2.01. The van der Waals surface area contributed by atoms with E-state index in [2.05, 4.69) is 10.6 Å². The summed E-state index contributed by atoms with van der Waals surface area (Å²) in [4.78, 5) is 22.1. The van der Waals surface area contributed by atoms with Gasteiger partial charge in [0.25, 0.3) is 5.69 Å². The molecule has 1 atom stereocenters. The van der Waals surface area contributed by atoms with Gasteiger partial charge in [0.1, 0.15) is 0 Å². The van der Waals surface area contributed by atoms with Crippen molar-refractivity contribution in [3.8, 4) is 0 Å². The maximum atomic E-state index is 11.9. The van der Waals surface area contributed by atoms with E-state index in [-0.39, 0.29) is 17.5 Å². The number of nitrogens with one attached hydrogen (secondary N) is 2. The van der Waals surface area contributed by atoms with Gasteiger partial charge in [0.2, 0.25) is 5.91 Å². The van der Waals surface area contributed by atoms with E-state index in [9.17, 15) is 14.9 Å². The summed E-state index contributed by atoms with van der Waals surface area (Å²) in [5.74, 6) is 0.364. The first-order valence-corrected chi connectivity index (χ1v) is 6.29. The minimum atomic E-state index is -0.437. The van der Waals surface area contributed by atoms with Gasteiger partial charge in [-0.15, -0.1) is 0 Å². The molecule has 2 rings (SSSR count). The van der Waals surface area contributed by atoms with Crippen LogP contribution in [-0.2, 0) is 11.3 Å². The number of hydrogen-bond donors (Lipinski definition) is 2. The molecule has 1 aliphatic heterocycles. The van der Waals surface area contributed by atoms with Crippen molar-refractivity contribution in [1.82, 2.24) is 10.6 Å². The van der Waals surface area contributed by atoms with E-state index in [0.717, 1.165) is 18.7 Å². The number of benzene rings is 1. The SMILES string of the molecule is CC(C(=O)NCc1cccc([N+](=O)[O-])c1)C1CNC1. The molecule has 0 aliphatic carbocycles. The summed E-state index contributed by atoms with van der Waals surface area (Å²) in [6.45, 7) is 4.00. The third-order valence-corrected chi connectivity index (χ3v) is 3.52. The van der Waals surface area contributed by atoms with E-state index in [0.29, 0.717) is 12.5 Å². The molecular weight excluding hydrogens is 246 g/mol. The highest BCUT2D eigenvalue weighted by Gasteiger charge is 2.28. The highest BCUT2D eigenvalue weighted by Crippen LogP contribution is 2.16. The number of amides is 1. The second kappa shape index (κ2) is 5.79. The minimum Gasteiger partial charge on any atom is -0.352 e. The van der Waals surface area contributed by atoms with Crippen LogP contribution in [0.15, 0.2) is 24.3 Å². The van der Waals surface area contributed by atoms with Crippen molar-refractivity contribution in [3.05, 3.63) is 39.9 Å². The van der Waals surface area contributed by atoms with Crippen molar-refractivity contribution in [2.45, 2.75) is 13.5 Å². The predicted octanol–water partition coefficient (Wildman–Crippen LogP) is 1.07. The molecule has 0 radical (unpaired) electrons. The average molecular weight is 263 g/mol. The zero-order chi connectivity index (χ0) is 13.8. The zero-order valence-electron chi connectivity index (χ0n) is 10.8. The summed E-state index contributed by atoms with van der Waals surface area (Å²) in [6, 6.07) is 6.31. The standard InChI is InChI=1S/C13H17N3O3/c1-9(11-7-14-8-11)13(17)15-6-10-3-2-4-12(5-10)16(18)19/h2-5,9,11,14H,6-8H2,1H3,(H,15,17). The fraction of sp³-hybridized carbons (Fsp3) is 0.462. The number of hydrogen-bond acceptors (Lipinski definition) is 4. The first-order chi connectivity index (χ1) is 9.08. The van der Waals surface area contributed by atoms with Gasteiger partial charge in [0, 0.05) is 24.6 Å². The molecule has 6 nitrogen and oxygen atoms in total. The Morgan fingerprint density at radius 3 is 2.89 bits per heavy atom. The predicted molar refractivity (Wildman–Crippen MR) is 70.5 cm³/mol. The fourth-order valence-corrected chi connectivity index (χ4v) is 2.01. The minimum absolute atomic E-state index is 0.00185. The van der Waals surface area contributed by atoms with E-state index >= 15 is 0 Å². The van der Waals surface area contributed by atoms with E-state index in [1.807, 2.05) is 6.92 Å². The number of rotatable bonds is 5. The molecule has 1 saturated heterocycles. The molecule has 0 spiro atoms. The molecule has 1 aliphatic rings. The zero-order valence-corrected chi connectivity index (χ0v) is 10.8. The summed E-state index contributed by atoms with van der Waals surface area (Å²) in [5, 5.41) is 16.6. The van der Waals surface area contributed by atoms with Crippen LogP contribution in [0.5, 0.6) is 0 Å². The van der Waals surface area contributed by atoms with Gasteiger partial charge in [0.05, 0.1) is 4.92 Å². The maximum absolute atomic E-state index is 11.9. The molecule has 6 heteroatoms. The highest BCUT2D eigenvalue weighted by molar-refractivity contribution is 5.78. The summed E-state index contributed by atoms with van der Waals surface area (Å²) in [7, 11) is 0. The lowest BCUT2D eigenvalue weighted by Gasteiger charge is -2.31. The van der Waals surface area contributed by atoms with Crippen LogP contribution in [0.4, 0.5) is 5.69 Å². The first kappa shape index (κ1) is 13.5. The molecule has 2 N–H and O–H groups in total. The normalized spacial score (nSPS) is 16.5. The molecular formula is C13H17N3O3. The second-order valence-corrected chi connectivity index (χ2v) is 4.85. The first-order valence-electron chi connectivity index (χ1n) is 6.29. The Hall–Kier alpha value is -1.95. The van der Waals surface area contributed by atoms with Crippen molar-refractivity contribution < 1.29 is 9.72 Å². The van der Waals surface area contributed by atoms with Crippen molar-refractivity contribution >= 4 is 11.6 Å². The molecule has 102 valence electrons. The van der Waals surface area contributed by atoms with Crippen LogP contribution in [0.3, 0.4) is 0 Å². The molecule has 1 aromatic carbocycles. The van der Waals surface area contributed by atoms with E-state index < -0.39 is 4.92 Å². The van der Waals surface area contributed by atoms with Gasteiger partial charge in [-0.05, 0) is 24.6 Å². The Bertz CT molecular complexity index is 486. The third kappa shape index (κ3) is 3.29. The third-order valence-electron chi connectivity index (χ3n) is 3.52. The van der Waals surface area contributed by atoms with Gasteiger partial charge < -0.3 is 10.6 Å². The quantitative estimate of drug-likeness (QED) is 0.614. The Kier molecular flexibility index (Phi) is 4.11. The maximum Gasteiger partial charge on any atom is 0.269 e. The number of carbonyl (C=O) groups is 1. The number of nitro groups is 1. The van der Waals surface area contributed by atoms with Crippen LogP contribution in [0.2, 0.25) is 0 Å². The summed E-state index contributed by atoms with van der Waals surface area (Å²) in [5.41, 5.74) is 0.782. The molecule has 0 bridgehead atoms. The highest BCUT2D eigenvalue weighted by atomic mass is 16.6. The average Bonchev–Trinajstić information content (AvgIpc) is 2.34. The lowest BCUT2D eigenvalue weighted by molar-refractivity contribution is -0.384. The summed E-state index contributed by atoms with van der Waals surface area (Å²) < 4.78 is 0. The van der Waals surface area contributed by atoms with Crippen LogP contribution in [0.1, 0.15) is 12.5 Å². The smallest absolute Gasteiger partial charge is 0.269 e. The van der Waals surface area contributed by atoms with E-state index in [4.69, 9.17) is 0 Å². The van der Waals surface area contributed by atoms with Gasteiger partial charge in [-0.3, -0.25) is 14.9 Å². The van der Waals surface area contributed by atoms with Crippen LogP contribution < -0.4 is 10.6 Å². The van der Waals surface area contributed by atoms with Crippen LogP contribution in [-0.4, -0.2) is 23.9 Å². The van der Waals surface area contributed by atoms with Gasteiger partial charge in [-0.1, -0.05) is 19.1 Å². The van der Waals surface area contributed by atoms with Crippen molar-refractivity contribution in [2.75, 3.05) is 13.1 Å². The van der Waals surface area contributed by atoms with E-state index in [1.165, 1.54) is 12.1 Å². The molecule has 1 aromatic rings. The summed E-state index contributed by atoms with van der Waals surface area (Å²) >= 11 is 0. The molecule has 1 amide bonds. The Morgan fingerprint density at radius 1 is 1.58 bits per heavy atom. The number of nitrogens with zero attached hydrogens (tertiary/aromatic N) is 1. The van der Waals surface area contributed by atoms with Gasteiger partial charge in [0.15, 0.2) is 0 Å². The molecule has 1 unspecified atom stereocenters. The molecule has 0 aromatic heterocycles. The van der Waals surface area contributed by atoms with Crippen LogP contribution >= 0.6 is 0 Å². The largest absolute Gasteiger partial charge is 0.352 e. The molecule has 1 heterocycles.